The second kappa shape index (κ2) is 10.9. The Labute approximate surface area is 223 Å². The van der Waals surface area contributed by atoms with E-state index in [-0.39, 0.29) is 6.17 Å². The first kappa shape index (κ1) is 24.5. The van der Waals surface area contributed by atoms with Crippen LogP contribution in [0.5, 0.6) is 0 Å². The number of H-pyrrole nitrogens is 1. The number of rotatable bonds is 10. The highest BCUT2D eigenvalue weighted by molar-refractivity contribution is 5.93. The lowest BCUT2D eigenvalue weighted by Gasteiger charge is -2.11. The summed E-state index contributed by atoms with van der Waals surface area (Å²) >= 11 is 0. The molecule has 4 aromatic carbocycles. The van der Waals surface area contributed by atoms with E-state index < -0.39 is 0 Å². The van der Waals surface area contributed by atoms with Crippen molar-refractivity contribution in [2.24, 2.45) is 11.5 Å². The third kappa shape index (κ3) is 5.10. The highest BCUT2D eigenvalue weighted by Crippen LogP contribution is 2.36. The summed E-state index contributed by atoms with van der Waals surface area (Å²) in [6, 6.07) is 26.6. The Bertz CT molecular complexity index is 1570. The third-order valence-corrected chi connectivity index (χ3v) is 7.53. The van der Waals surface area contributed by atoms with Crippen molar-refractivity contribution < 1.29 is 0 Å². The number of nitrogens with one attached hydrogen (secondary N) is 3. The smallest absolute Gasteiger partial charge is 0.107 e. The van der Waals surface area contributed by atoms with Gasteiger partial charge in [0.1, 0.15) is 5.82 Å². The molecule has 1 unspecified atom stereocenters. The molecular formula is C32H36N6. The van der Waals surface area contributed by atoms with E-state index in [1.54, 1.807) is 0 Å². The average molecular weight is 505 g/mol. The molecule has 0 fully saturated rings. The largest absolute Gasteiger partial charge is 0.364 e. The molecule has 6 nitrogen and oxygen atoms in total. The highest BCUT2D eigenvalue weighted by Gasteiger charge is 2.19. The zero-order chi connectivity index (χ0) is 25.9. The van der Waals surface area contributed by atoms with Crippen LogP contribution >= 0.6 is 0 Å². The first-order valence-corrected chi connectivity index (χ1v) is 13.8. The molecular weight excluding hydrogens is 468 g/mol. The standard InChI is InChI=1S/C32H36N6/c33-15-3-1-5-31-35-27-13-11-25(19-29(27)37-31)23-9-7-22-18-24(10-8-21(22)17-23)26-12-14-28-30(20-26)38-32(36-28)6-2-4-16-34/h7-14,17-20,31,35,37H,1-6,15-16,33-34H2,(H,36,38). The van der Waals surface area contributed by atoms with Crippen molar-refractivity contribution in [2.45, 2.75) is 44.7 Å². The topological polar surface area (TPSA) is 105 Å². The molecule has 0 saturated carbocycles. The quantitative estimate of drug-likeness (QED) is 0.137. The molecule has 0 bridgehead atoms. The number of aromatic nitrogens is 2. The van der Waals surface area contributed by atoms with E-state index in [2.05, 4.69) is 88.4 Å². The van der Waals surface area contributed by atoms with Crippen LogP contribution in [-0.4, -0.2) is 29.2 Å². The van der Waals surface area contributed by atoms with Crippen LogP contribution in [-0.2, 0) is 6.42 Å². The van der Waals surface area contributed by atoms with Gasteiger partial charge in [-0.3, -0.25) is 0 Å². The highest BCUT2D eigenvalue weighted by atomic mass is 15.2. The summed E-state index contributed by atoms with van der Waals surface area (Å²) in [5.41, 5.74) is 20.6. The summed E-state index contributed by atoms with van der Waals surface area (Å²) in [5, 5.41) is 9.69. The molecule has 0 spiro atoms. The number of aromatic amines is 1. The van der Waals surface area contributed by atoms with Crippen LogP contribution in [0.1, 0.15) is 37.9 Å². The van der Waals surface area contributed by atoms with Crippen molar-refractivity contribution >= 4 is 33.2 Å². The van der Waals surface area contributed by atoms with Crippen molar-refractivity contribution in [1.29, 1.82) is 0 Å². The van der Waals surface area contributed by atoms with E-state index >= 15 is 0 Å². The monoisotopic (exact) mass is 504 g/mol. The molecule has 0 amide bonds. The van der Waals surface area contributed by atoms with Gasteiger partial charge in [0.2, 0.25) is 0 Å². The van der Waals surface area contributed by atoms with Gasteiger partial charge >= 0.3 is 0 Å². The second-order valence-electron chi connectivity index (χ2n) is 10.3. The predicted molar refractivity (Wildman–Crippen MR) is 160 cm³/mol. The molecule has 0 radical (unpaired) electrons. The number of unbranched alkanes of at least 4 members (excludes halogenated alkanes) is 2. The Morgan fingerprint density at radius 3 is 2.03 bits per heavy atom. The van der Waals surface area contributed by atoms with E-state index in [0.717, 1.165) is 68.5 Å². The van der Waals surface area contributed by atoms with Gasteiger partial charge in [0.05, 0.1) is 28.6 Å². The predicted octanol–water partition coefficient (Wildman–Crippen LogP) is 6.62. The van der Waals surface area contributed by atoms with E-state index in [1.165, 1.54) is 44.4 Å². The van der Waals surface area contributed by atoms with Crippen LogP contribution in [0.4, 0.5) is 11.4 Å². The van der Waals surface area contributed by atoms with Crippen LogP contribution in [0.3, 0.4) is 0 Å². The number of hydrogen-bond acceptors (Lipinski definition) is 5. The van der Waals surface area contributed by atoms with E-state index in [4.69, 9.17) is 16.5 Å². The summed E-state index contributed by atoms with van der Waals surface area (Å²) < 4.78 is 0. The van der Waals surface area contributed by atoms with Gasteiger partial charge in [-0.25, -0.2) is 4.98 Å². The zero-order valence-electron chi connectivity index (χ0n) is 21.8. The maximum absolute atomic E-state index is 5.65. The molecule has 6 rings (SSSR count). The molecule has 1 aromatic heterocycles. The van der Waals surface area contributed by atoms with Gasteiger partial charge in [0, 0.05) is 6.42 Å². The Morgan fingerprint density at radius 2 is 1.26 bits per heavy atom. The molecule has 0 saturated heterocycles. The molecule has 6 heteroatoms. The van der Waals surface area contributed by atoms with Gasteiger partial charge in [-0.15, -0.1) is 0 Å². The van der Waals surface area contributed by atoms with Crippen molar-refractivity contribution in [3.05, 3.63) is 78.6 Å². The number of nitrogens with zero attached hydrogens (tertiary/aromatic N) is 1. The van der Waals surface area contributed by atoms with E-state index in [1.807, 2.05) is 0 Å². The Morgan fingerprint density at radius 1 is 0.632 bits per heavy atom. The maximum Gasteiger partial charge on any atom is 0.107 e. The van der Waals surface area contributed by atoms with Crippen LogP contribution in [0.2, 0.25) is 0 Å². The lowest BCUT2D eigenvalue weighted by Crippen LogP contribution is -2.21. The molecule has 5 aromatic rings. The number of nitrogens with two attached hydrogens (primary N) is 2. The van der Waals surface area contributed by atoms with Gasteiger partial charge < -0.3 is 27.1 Å². The number of benzene rings is 4. The first-order valence-electron chi connectivity index (χ1n) is 13.8. The summed E-state index contributed by atoms with van der Waals surface area (Å²) in [7, 11) is 0. The molecule has 1 aliphatic rings. The number of fused-ring (bicyclic) bond motifs is 3. The van der Waals surface area contributed by atoms with Crippen LogP contribution in [0.25, 0.3) is 44.1 Å². The molecule has 38 heavy (non-hydrogen) atoms. The fraction of sp³-hybridized carbons (Fsp3) is 0.281. The molecule has 1 aliphatic heterocycles. The molecule has 0 aliphatic carbocycles. The lowest BCUT2D eigenvalue weighted by atomic mass is 9.97. The molecule has 194 valence electrons. The fourth-order valence-corrected chi connectivity index (χ4v) is 5.42. The number of anilines is 2. The van der Waals surface area contributed by atoms with Crippen molar-refractivity contribution in [3.63, 3.8) is 0 Å². The zero-order valence-corrected chi connectivity index (χ0v) is 21.8. The first-order chi connectivity index (χ1) is 18.7. The summed E-state index contributed by atoms with van der Waals surface area (Å²) in [4.78, 5) is 8.23. The van der Waals surface area contributed by atoms with E-state index in [0.29, 0.717) is 0 Å². The average Bonchev–Trinajstić information content (AvgIpc) is 3.55. The van der Waals surface area contributed by atoms with Gasteiger partial charge in [0.25, 0.3) is 0 Å². The fourth-order valence-electron chi connectivity index (χ4n) is 5.42. The maximum atomic E-state index is 5.65. The minimum atomic E-state index is 0.283. The molecule has 1 atom stereocenters. The summed E-state index contributed by atoms with van der Waals surface area (Å²) in [6.07, 6.45) is 6.57. The number of imidazole rings is 1. The van der Waals surface area contributed by atoms with Gasteiger partial charge in [-0.1, -0.05) is 36.4 Å². The Hall–Kier alpha value is -3.87. The van der Waals surface area contributed by atoms with Gasteiger partial charge in [0.15, 0.2) is 0 Å². The summed E-state index contributed by atoms with van der Waals surface area (Å²) in [6.45, 7) is 1.48. The van der Waals surface area contributed by atoms with Crippen molar-refractivity contribution in [1.82, 2.24) is 9.97 Å². The summed E-state index contributed by atoms with van der Waals surface area (Å²) in [5.74, 6) is 1.04. The lowest BCUT2D eigenvalue weighted by molar-refractivity contribution is 0.644. The van der Waals surface area contributed by atoms with Gasteiger partial charge in [-0.05, 0) is 115 Å². The van der Waals surface area contributed by atoms with Crippen LogP contribution in [0, 0.1) is 0 Å². The Kier molecular flexibility index (Phi) is 6.99. The Balaban J connectivity index is 1.21. The van der Waals surface area contributed by atoms with Crippen molar-refractivity contribution in [2.75, 3.05) is 23.7 Å². The SMILES string of the molecule is NCCCCc1nc2ccc(-c3ccc4cc(-c5ccc6c(c5)NC(CCCCN)N6)ccc4c3)cc2[nH]1. The minimum Gasteiger partial charge on any atom is -0.364 e. The minimum absolute atomic E-state index is 0.283. The molecule has 7 N–H and O–H groups in total. The third-order valence-electron chi connectivity index (χ3n) is 7.53. The second-order valence-corrected chi connectivity index (χ2v) is 10.3. The van der Waals surface area contributed by atoms with E-state index in [9.17, 15) is 0 Å². The number of aryl methyl sites for hydroxylation is 1. The number of hydrogen-bond donors (Lipinski definition) is 5. The normalized spacial score (nSPS) is 14.5. The van der Waals surface area contributed by atoms with Crippen LogP contribution < -0.4 is 22.1 Å². The van der Waals surface area contributed by atoms with Gasteiger partial charge in [-0.2, -0.15) is 0 Å². The molecule has 2 heterocycles. The van der Waals surface area contributed by atoms with Crippen LogP contribution in [0.15, 0.2) is 72.8 Å². The van der Waals surface area contributed by atoms with Crippen molar-refractivity contribution in [3.8, 4) is 22.3 Å².